The summed E-state index contributed by atoms with van der Waals surface area (Å²) in [6, 6.07) is 21.7. The number of hydrogen-bond acceptors (Lipinski definition) is 5. The van der Waals surface area contributed by atoms with Crippen molar-refractivity contribution in [3.63, 3.8) is 0 Å². The number of halogens is 1. The van der Waals surface area contributed by atoms with Crippen LogP contribution in [0.1, 0.15) is 31.9 Å². The van der Waals surface area contributed by atoms with E-state index in [9.17, 15) is 9.59 Å². The Kier molecular flexibility index (Phi) is 10.2. The number of carbonyl (C=O) groups is 2. The van der Waals surface area contributed by atoms with Crippen LogP contribution >= 0.6 is 15.9 Å². The zero-order valence-corrected chi connectivity index (χ0v) is 24.1. The van der Waals surface area contributed by atoms with Crippen molar-refractivity contribution in [3.8, 4) is 17.2 Å². The lowest BCUT2D eigenvalue weighted by molar-refractivity contribution is -0.143. The molecule has 2 amide bonds. The number of hydrogen-bond donors (Lipinski definition) is 1. The number of benzene rings is 3. The molecule has 0 aliphatic carbocycles. The van der Waals surface area contributed by atoms with Crippen LogP contribution in [0, 0.1) is 0 Å². The summed E-state index contributed by atoms with van der Waals surface area (Å²) in [4.78, 5) is 28.9. The summed E-state index contributed by atoms with van der Waals surface area (Å²) in [5.74, 6) is 0.974. The Bertz CT molecular complexity index is 1190. The zero-order chi connectivity index (χ0) is 27.7. The van der Waals surface area contributed by atoms with Crippen LogP contribution in [0.15, 0.2) is 77.3 Å². The lowest BCUT2D eigenvalue weighted by Crippen LogP contribution is -2.55. The van der Waals surface area contributed by atoms with Crippen molar-refractivity contribution in [1.82, 2.24) is 10.2 Å². The molecule has 0 aliphatic heterocycles. The summed E-state index contributed by atoms with van der Waals surface area (Å²) in [5, 5.41) is 3.06. The minimum atomic E-state index is -0.754. The molecule has 0 saturated heterocycles. The van der Waals surface area contributed by atoms with Gasteiger partial charge in [-0.05, 0) is 44.0 Å². The quantitative estimate of drug-likeness (QED) is 0.327. The van der Waals surface area contributed by atoms with Crippen LogP contribution in [0.5, 0.6) is 17.2 Å². The lowest BCUT2D eigenvalue weighted by Gasteiger charge is -2.33. The second-order valence-electron chi connectivity index (χ2n) is 9.93. The van der Waals surface area contributed by atoms with Crippen LogP contribution in [-0.4, -0.2) is 49.1 Å². The Balaban J connectivity index is 1.93. The fourth-order valence-corrected chi connectivity index (χ4v) is 4.15. The number of rotatable bonds is 11. The topological polar surface area (TPSA) is 77.1 Å². The van der Waals surface area contributed by atoms with Gasteiger partial charge in [0, 0.05) is 41.2 Å². The molecule has 1 N–H and O–H groups in total. The summed E-state index contributed by atoms with van der Waals surface area (Å²) >= 11 is 3.46. The molecule has 0 fully saturated rings. The highest BCUT2D eigenvalue weighted by molar-refractivity contribution is 9.10. The van der Waals surface area contributed by atoms with Gasteiger partial charge in [0.2, 0.25) is 5.91 Å². The van der Waals surface area contributed by atoms with E-state index in [1.165, 1.54) is 0 Å². The summed E-state index contributed by atoms with van der Waals surface area (Å²) < 4.78 is 17.4. The van der Waals surface area contributed by atoms with Gasteiger partial charge >= 0.3 is 0 Å². The normalized spacial score (nSPS) is 11.8. The molecule has 7 nitrogen and oxygen atoms in total. The predicted octanol–water partition coefficient (Wildman–Crippen LogP) is 5.40. The summed E-state index contributed by atoms with van der Waals surface area (Å²) in [6.45, 7) is 5.74. The van der Waals surface area contributed by atoms with Crippen LogP contribution in [0.3, 0.4) is 0 Å². The standard InChI is InChI=1S/C30H35BrN2O5/c1-30(2,3)32-29(35)27(15-21-9-7-6-8-10-21)33(19-22-11-13-23(31)14-12-22)28(34)20-38-26-17-24(36-4)16-25(18-26)37-5/h6-14,16-18,27H,15,19-20H2,1-5H3,(H,32,35)/t27-/m1/s1. The molecule has 0 aliphatic rings. The molecule has 202 valence electrons. The molecule has 3 rings (SSSR count). The van der Waals surface area contributed by atoms with E-state index in [2.05, 4.69) is 21.2 Å². The molecule has 0 bridgehead atoms. The number of methoxy groups -OCH3 is 2. The highest BCUT2D eigenvalue weighted by atomic mass is 79.9. The minimum Gasteiger partial charge on any atom is -0.496 e. The Morgan fingerprint density at radius 2 is 1.45 bits per heavy atom. The Morgan fingerprint density at radius 3 is 2.00 bits per heavy atom. The maximum Gasteiger partial charge on any atom is 0.261 e. The Morgan fingerprint density at radius 1 is 0.868 bits per heavy atom. The van der Waals surface area contributed by atoms with E-state index < -0.39 is 11.6 Å². The number of nitrogens with one attached hydrogen (secondary N) is 1. The van der Waals surface area contributed by atoms with Gasteiger partial charge in [-0.15, -0.1) is 0 Å². The van der Waals surface area contributed by atoms with E-state index in [4.69, 9.17) is 14.2 Å². The van der Waals surface area contributed by atoms with Crippen molar-refractivity contribution >= 4 is 27.7 Å². The largest absolute Gasteiger partial charge is 0.496 e. The van der Waals surface area contributed by atoms with Gasteiger partial charge < -0.3 is 24.4 Å². The molecule has 0 saturated carbocycles. The fourth-order valence-electron chi connectivity index (χ4n) is 3.89. The van der Waals surface area contributed by atoms with Crippen molar-refractivity contribution < 1.29 is 23.8 Å². The highest BCUT2D eigenvalue weighted by Crippen LogP contribution is 2.27. The van der Waals surface area contributed by atoms with E-state index >= 15 is 0 Å². The molecule has 0 spiro atoms. The van der Waals surface area contributed by atoms with Crippen LogP contribution in [-0.2, 0) is 22.6 Å². The summed E-state index contributed by atoms with van der Waals surface area (Å²) in [7, 11) is 3.09. The van der Waals surface area contributed by atoms with Crippen LogP contribution in [0.25, 0.3) is 0 Å². The zero-order valence-electron chi connectivity index (χ0n) is 22.5. The molecular formula is C30H35BrN2O5. The van der Waals surface area contributed by atoms with Gasteiger partial charge in [0.25, 0.3) is 5.91 Å². The van der Waals surface area contributed by atoms with E-state index in [0.717, 1.165) is 15.6 Å². The van der Waals surface area contributed by atoms with Gasteiger partial charge in [0.1, 0.15) is 23.3 Å². The smallest absolute Gasteiger partial charge is 0.261 e. The first-order valence-electron chi connectivity index (χ1n) is 12.3. The first-order valence-corrected chi connectivity index (χ1v) is 13.1. The van der Waals surface area contributed by atoms with E-state index in [-0.39, 0.29) is 25.0 Å². The van der Waals surface area contributed by atoms with E-state index in [1.54, 1.807) is 37.3 Å². The second-order valence-corrected chi connectivity index (χ2v) is 10.8. The third-order valence-electron chi connectivity index (χ3n) is 5.72. The van der Waals surface area contributed by atoms with E-state index in [1.807, 2.05) is 75.4 Å². The third kappa shape index (κ3) is 8.80. The molecule has 38 heavy (non-hydrogen) atoms. The second kappa shape index (κ2) is 13.3. The van der Waals surface area contributed by atoms with Gasteiger partial charge in [-0.25, -0.2) is 0 Å². The maximum atomic E-state index is 13.7. The van der Waals surface area contributed by atoms with Crippen molar-refractivity contribution in [1.29, 1.82) is 0 Å². The SMILES string of the molecule is COc1cc(OC)cc(OCC(=O)N(Cc2ccc(Br)cc2)[C@H](Cc2ccccc2)C(=O)NC(C)(C)C)c1. The summed E-state index contributed by atoms with van der Waals surface area (Å²) in [6.07, 6.45) is 0.359. The number of carbonyl (C=O) groups excluding carboxylic acids is 2. The van der Waals surface area contributed by atoms with Crippen molar-refractivity contribution in [2.24, 2.45) is 0 Å². The first kappa shape index (κ1) is 29.0. The third-order valence-corrected chi connectivity index (χ3v) is 6.25. The van der Waals surface area contributed by atoms with Gasteiger partial charge in [-0.1, -0.05) is 58.4 Å². The molecule has 1 atom stereocenters. The lowest BCUT2D eigenvalue weighted by atomic mass is 10.0. The molecule has 3 aromatic carbocycles. The average Bonchev–Trinajstić information content (AvgIpc) is 2.89. The number of nitrogens with zero attached hydrogens (tertiary/aromatic N) is 1. The first-order chi connectivity index (χ1) is 18.1. The molecule has 0 unspecified atom stereocenters. The van der Waals surface area contributed by atoms with Gasteiger partial charge in [0.05, 0.1) is 14.2 Å². The highest BCUT2D eigenvalue weighted by Gasteiger charge is 2.32. The summed E-state index contributed by atoms with van der Waals surface area (Å²) in [5.41, 5.74) is 1.38. The molecule has 0 heterocycles. The molecular weight excluding hydrogens is 548 g/mol. The monoisotopic (exact) mass is 582 g/mol. The van der Waals surface area contributed by atoms with Crippen LogP contribution in [0.4, 0.5) is 0 Å². The maximum absolute atomic E-state index is 13.7. The predicted molar refractivity (Wildman–Crippen MR) is 152 cm³/mol. The van der Waals surface area contributed by atoms with E-state index in [0.29, 0.717) is 23.7 Å². The molecule has 0 aromatic heterocycles. The van der Waals surface area contributed by atoms with Gasteiger partial charge in [-0.3, -0.25) is 9.59 Å². The van der Waals surface area contributed by atoms with Crippen LogP contribution < -0.4 is 19.5 Å². The number of ether oxygens (including phenoxy) is 3. The van der Waals surface area contributed by atoms with Crippen molar-refractivity contribution in [2.45, 2.75) is 45.3 Å². The molecule has 0 radical (unpaired) electrons. The van der Waals surface area contributed by atoms with Crippen molar-refractivity contribution in [3.05, 3.63) is 88.4 Å². The Labute approximate surface area is 233 Å². The van der Waals surface area contributed by atoms with Gasteiger partial charge in [-0.2, -0.15) is 0 Å². The molecule has 3 aromatic rings. The molecule has 8 heteroatoms. The fraction of sp³-hybridized carbons (Fsp3) is 0.333. The van der Waals surface area contributed by atoms with Crippen molar-refractivity contribution in [2.75, 3.05) is 20.8 Å². The Hall–Kier alpha value is -3.52. The average molecular weight is 584 g/mol. The minimum absolute atomic E-state index is 0.227. The van der Waals surface area contributed by atoms with Crippen LogP contribution in [0.2, 0.25) is 0 Å². The van der Waals surface area contributed by atoms with Gasteiger partial charge in [0.15, 0.2) is 6.61 Å². The number of amides is 2.